The molecule has 0 aliphatic carbocycles. The molecule has 32 heavy (non-hydrogen) atoms. The molecule has 0 saturated heterocycles. The minimum absolute atomic E-state index is 0.506. The smallest absolute Gasteiger partial charge is 0.404 e. The number of aromatic nitrogens is 2. The summed E-state index contributed by atoms with van der Waals surface area (Å²) in [5, 5.41) is 14.8. The number of hydrogen-bond donors (Lipinski definition) is 3. The molecule has 0 spiro atoms. The zero-order valence-electron chi connectivity index (χ0n) is 18.1. The molecule has 1 amide bonds. The van der Waals surface area contributed by atoms with E-state index in [4.69, 9.17) is 9.84 Å². The molecule has 3 rings (SSSR count). The summed E-state index contributed by atoms with van der Waals surface area (Å²) in [5.74, 6) is 1.70. The fraction of sp³-hybridized carbons (Fsp3) is 0.292. The predicted octanol–water partition coefficient (Wildman–Crippen LogP) is 5.67. The molecule has 2 aromatic heterocycles. The minimum atomic E-state index is -0.963. The maximum absolute atomic E-state index is 10.4. The van der Waals surface area contributed by atoms with Gasteiger partial charge in [0.1, 0.15) is 16.6 Å². The molecule has 0 unspecified atom stereocenters. The Morgan fingerprint density at radius 2 is 1.97 bits per heavy atom. The standard InChI is InChI=1S/C24H28N4O3S/c1-25-22-13-10-18(17-27-22)8-4-5-9-23-28-20-12-11-19(16-21(20)32-23)31-15-7-3-2-6-14-26-24(29)30/h4-5,8-13,16-17,26H,2-3,6-7,14-15H2,1H3,(H,25,27)(H,29,30)/b8-4+,9-5+. The molecule has 0 atom stereocenters. The summed E-state index contributed by atoms with van der Waals surface area (Å²) in [6, 6.07) is 9.93. The maximum Gasteiger partial charge on any atom is 0.404 e. The van der Waals surface area contributed by atoms with Gasteiger partial charge in [-0.25, -0.2) is 14.8 Å². The van der Waals surface area contributed by atoms with E-state index in [1.165, 1.54) is 0 Å². The second-order valence-corrected chi connectivity index (χ2v) is 8.18. The highest BCUT2D eigenvalue weighted by atomic mass is 32.1. The molecule has 168 valence electrons. The molecule has 0 aliphatic rings. The molecule has 3 N–H and O–H groups in total. The Morgan fingerprint density at radius 1 is 1.12 bits per heavy atom. The molecule has 8 heteroatoms. The number of nitrogens with one attached hydrogen (secondary N) is 2. The summed E-state index contributed by atoms with van der Waals surface area (Å²) in [4.78, 5) is 19.3. The Balaban J connectivity index is 1.44. The zero-order valence-corrected chi connectivity index (χ0v) is 18.9. The molecule has 0 bridgehead atoms. The number of thiazole rings is 1. The zero-order chi connectivity index (χ0) is 22.6. The lowest BCUT2D eigenvalue weighted by Crippen LogP contribution is -2.21. The number of unbranched alkanes of at least 4 members (excludes halogenated alkanes) is 3. The first kappa shape index (κ1) is 23.3. The van der Waals surface area contributed by atoms with Crippen molar-refractivity contribution >= 4 is 45.6 Å². The second kappa shape index (κ2) is 12.5. The Labute approximate surface area is 191 Å². The van der Waals surface area contributed by atoms with Crippen LogP contribution in [0.2, 0.25) is 0 Å². The van der Waals surface area contributed by atoms with Gasteiger partial charge < -0.3 is 20.5 Å². The largest absolute Gasteiger partial charge is 0.494 e. The first-order chi connectivity index (χ1) is 15.6. The van der Waals surface area contributed by atoms with Crippen molar-refractivity contribution in [3.05, 3.63) is 59.3 Å². The van der Waals surface area contributed by atoms with E-state index >= 15 is 0 Å². The van der Waals surface area contributed by atoms with Crippen LogP contribution in [0.1, 0.15) is 36.3 Å². The predicted molar refractivity (Wildman–Crippen MR) is 131 cm³/mol. The lowest BCUT2D eigenvalue weighted by atomic mass is 10.2. The molecule has 2 heterocycles. The van der Waals surface area contributed by atoms with Crippen molar-refractivity contribution in [2.24, 2.45) is 0 Å². The van der Waals surface area contributed by atoms with Crippen molar-refractivity contribution in [2.45, 2.75) is 25.7 Å². The first-order valence-corrected chi connectivity index (χ1v) is 11.4. The van der Waals surface area contributed by atoms with Crippen LogP contribution in [0, 0.1) is 0 Å². The van der Waals surface area contributed by atoms with Crippen LogP contribution in [-0.2, 0) is 0 Å². The third-order valence-electron chi connectivity index (χ3n) is 4.67. The lowest BCUT2D eigenvalue weighted by Gasteiger charge is -2.06. The number of ether oxygens (including phenoxy) is 1. The summed E-state index contributed by atoms with van der Waals surface area (Å²) in [5.41, 5.74) is 2.00. The summed E-state index contributed by atoms with van der Waals surface area (Å²) < 4.78 is 6.96. The molecule has 0 aliphatic heterocycles. The highest BCUT2D eigenvalue weighted by Gasteiger charge is 2.03. The summed E-state index contributed by atoms with van der Waals surface area (Å²) in [6.07, 6.45) is 12.6. The van der Waals surface area contributed by atoms with E-state index in [1.54, 1.807) is 11.3 Å². The number of fused-ring (bicyclic) bond motifs is 1. The van der Waals surface area contributed by atoms with E-state index in [9.17, 15) is 4.79 Å². The molecule has 7 nitrogen and oxygen atoms in total. The fourth-order valence-corrected chi connectivity index (χ4v) is 3.92. The molecule has 0 fully saturated rings. The monoisotopic (exact) mass is 452 g/mol. The number of benzene rings is 1. The molecule has 3 aromatic rings. The van der Waals surface area contributed by atoms with Crippen molar-refractivity contribution < 1.29 is 14.6 Å². The van der Waals surface area contributed by atoms with Gasteiger partial charge in [-0.1, -0.05) is 31.1 Å². The minimum Gasteiger partial charge on any atom is -0.494 e. The Hall–Kier alpha value is -3.39. The van der Waals surface area contributed by atoms with Crippen molar-refractivity contribution in [2.75, 3.05) is 25.5 Å². The van der Waals surface area contributed by atoms with Crippen LogP contribution in [0.3, 0.4) is 0 Å². The van der Waals surface area contributed by atoms with Gasteiger partial charge in [-0.2, -0.15) is 0 Å². The van der Waals surface area contributed by atoms with Crippen LogP contribution in [0.25, 0.3) is 22.4 Å². The van der Waals surface area contributed by atoms with Crippen molar-refractivity contribution in [1.29, 1.82) is 0 Å². The number of carbonyl (C=O) groups is 1. The van der Waals surface area contributed by atoms with Gasteiger partial charge in [0.05, 0.1) is 16.8 Å². The van der Waals surface area contributed by atoms with Crippen molar-refractivity contribution in [3.63, 3.8) is 0 Å². The number of pyridine rings is 1. The van der Waals surface area contributed by atoms with Crippen molar-refractivity contribution in [3.8, 4) is 5.75 Å². The third-order valence-corrected chi connectivity index (χ3v) is 5.66. The molecule has 0 radical (unpaired) electrons. The number of rotatable bonds is 12. The number of allylic oxidation sites excluding steroid dienone is 2. The maximum atomic E-state index is 10.4. The normalized spacial score (nSPS) is 11.4. The second-order valence-electron chi connectivity index (χ2n) is 7.12. The number of amides is 1. The SMILES string of the molecule is CNc1ccc(/C=C/C=C/c2nc3ccc(OCCCCCCNC(=O)O)cc3s2)cn1. The van der Waals surface area contributed by atoms with E-state index in [0.717, 1.165) is 58.0 Å². The van der Waals surface area contributed by atoms with Gasteiger partial charge in [-0.3, -0.25) is 0 Å². The first-order valence-electron chi connectivity index (χ1n) is 10.6. The van der Waals surface area contributed by atoms with E-state index in [0.29, 0.717) is 13.2 Å². The van der Waals surface area contributed by atoms with Gasteiger partial charge in [0.15, 0.2) is 0 Å². The van der Waals surface area contributed by atoms with Crippen molar-refractivity contribution in [1.82, 2.24) is 15.3 Å². The quantitative estimate of drug-likeness (QED) is 0.242. The summed E-state index contributed by atoms with van der Waals surface area (Å²) in [6.45, 7) is 1.16. The van der Waals surface area contributed by atoms with Gasteiger partial charge in [-0.05, 0) is 54.8 Å². The highest BCUT2D eigenvalue weighted by Crippen LogP contribution is 2.27. The van der Waals surface area contributed by atoms with Gasteiger partial charge in [0.25, 0.3) is 0 Å². The molecular formula is C24H28N4O3S. The topological polar surface area (TPSA) is 96.4 Å². The van der Waals surface area contributed by atoms with E-state index in [1.807, 2.05) is 67.9 Å². The van der Waals surface area contributed by atoms with Crippen LogP contribution < -0.4 is 15.4 Å². The Kier molecular flexibility index (Phi) is 9.06. The van der Waals surface area contributed by atoms with Crippen LogP contribution in [0.5, 0.6) is 5.75 Å². The number of nitrogens with zero attached hydrogens (tertiary/aromatic N) is 2. The van der Waals surface area contributed by atoms with Crippen LogP contribution in [0.15, 0.2) is 48.7 Å². The van der Waals surface area contributed by atoms with Gasteiger partial charge >= 0.3 is 6.09 Å². The van der Waals surface area contributed by atoms with Crippen LogP contribution in [-0.4, -0.2) is 41.4 Å². The van der Waals surface area contributed by atoms with E-state index in [-0.39, 0.29) is 0 Å². The summed E-state index contributed by atoms with van der Waals surface area (Å²) >= 11 is 1.63. The Morgan fingerprint density at radius 3 is 2.75 bits per heavy atom. The number of anilines is 1. The van der Waals surface area contributed by atoms with Gasteiger partial charge in [0, 0.05) is 19.8 Å². The van der Waals surface area contributed by atoms with E-state index in [2.05, 4.69) is 20.6 Å². The molecule has 1 aromatic carbocycles. The number of hydrogen-bond acceptors (Lipinski definition) is 6. The lowest BCUT2D eigenvalue weighted by molar-refractivity contribution is 0.194. The molecule has 0 saturated carbocycles. The average Bonchev–Trinajstić information content (AvgIpc) is 3.21. The highest BCUT2D eigenvalue weighted by molar-refractivity contribution is 7.19. The van der Waals surface area contributed by atoms with Gasteiger partial charge in [0.2, 0.25) is 0 Å². The average molecular weight is 453 g/mol. The van der Waals surface area contributed by atoms with Crippen LogP contribution >= 0.6 is 11.3 Å². The summed E-state index contributed by atoms with van der Waals surface area (Å²) in [7, 11) is 1.85. The van der Waals surface area contributed by atoms with E-state index < -0.39 is 6.09 Å². The van der Waals surface area contributed by atoms with Gasteiger partial charge in [-0.15, -0.1) is 11.3 Å². The third kappa shape index (κ3) is 7.70. The Bertz CT molecular complexity index is 1060. The van der Waals surface area contributed by atoms with Crippen LogP contribution in [0.4, 0.5) is 10.6 Å². The number of carboxylic acid groups (broad SMARTS) is 1. The fourth-order valence-electron chi connectivity index (χ4n) is 3.01. The molecular weight excluding hydrogens is 424 g/mol.